The molecule has 0 bridgehead atoms. The lowest BCUT2D eigenvalue weighted by Gasteiger charge is -1.94. The van der Waals surface area contributed by atoms with Crippen LogP contribution in [-0.2, 0) is 0 Å². The van der Waals surface area contributed by atoms with Crippen LogP contribution in [0.1, 0.15) is 18.1 Å². The molecule has 2 aromatic rings. The number of alkyl halides is 1. The first-order valence-electron chi connectivity index (χ1n) is 4.00. The number of benzene rings is 1. The fraction of sp³-hybridized carbons (Fsp3) is 0.200. The minimum absolute atomic E-state index is 0.122. The molecule has 1 unspecified atom stereocenters. The van der Waals surface area contributed by atoms with Crippen molar-refractivity contribution in [2.75, 3.05) is 0 Å². The number of hydrogen-bond donors (Lipinski definition) is 0. The summed E-state index contributed by atoms with van der Waals surface area (Å²) < 4.78 is 5.50. The van der Waals surface area contributed by atoms with Crippen molar-refractivity contribution in [2.45, 2.75) is 12.3 Å². The molecule has 1 aromatic heterocycles. The summed E-state index contributed by atoms with van der Waals surface area (Å²) in [6, 6.07) is 7.56. The van der Waals surface area contributed by atoms with Gasteiger partial charge in [-0.25, -0.2) is 0 Å². The van der Waals surface area contributed by atoms with E-state index >= 15 is 0 Å². The molecule has 0 fully saturated rings. The van der Waals surface area contributed by atoms with E-state index in [2.05, 4.69) is 0 Å². The van der Waals surface area contributed by atoms with Gasteiger partial charge in [0.25, 0.3) is 0 Å². The molecule has 0 saturated heterocycles. The van der Waals surface area contributed by atoms with Gasteiger partial charge in [-0.05, 0) is 19.1 Å². The first-order valence-corrected chi connectivity index (χ1v) is 4.82. The first kappa shape index (κ1) is 8.92. The summed E-state index contributed by atoms with van der Waals surface area (Å²) in [6.07, 6.45) is 0. The van der Waals surface area contributed by atoms with Crippen molar-refractivity contribution in [3.8, 4) is 0 Å². The van der Waals surface area contributed by atoms with Gasteiger partial charge in [-0.1, -0.05) is 23.7 Å². The molecule has 68 valence electrons. The fourth-order valence-electron chi connectivity index (χ4n) is 1.24. The Bertz CT molecular complexity index is 431. The van der Waals surface area contributed by atoms with Gasteiger partial charge in [0.2, 0.25) is 0 Å². The lowest BCUT2D eigenvalue weighted by molar-refractivity contribution is 0.551. The smallest absolute Gasteiger partial charge is 0.152 e. The molecule has 0 N–H and O–H groups in total. The largest absolute Gasteiger partial charge is 0.458 e. The Labute approximate surface area is 86.2 Å². The molecule has 0 radical (unpaired) electrons. The van der Waals surface area contributed by atoms with Crippen LogP contribution in [0.5, 0.6) is 0 Å². The number of furan rings is 1. The van der Waals surface area contributed by atoms with E-state index in [-0.39, 0.29) is 5.38 Å². The van der Waals surface area contributed by atoms with Crippen molar-refractivity contribution in [1.29, 1.82) is 0 Å². The maximum atomic E-state index is 5.94. The predicted octanol–water partition coefficient (Wildman–Crippen LogP) is 4.39. The zero-order valence-electron chi connectivity index (χ0n) is 7.05. The molecule has 1 aromatic carbocycles. The molecule has 2 rings (SSSR count). The number of rotatable bonds is 1. The van der Waals surface area contributed by atoms with Gasteiger partial charge in [0.1, 0.15) is 5.76 Å². The van der Waals surface area contributed by atoms with Gasteiger partial charge in [-0.15, -0.1) is 11.6 Å². The molecular weight excluding hydrogens is 207 g/mol. The molecule has 0 saturated carbocycles. The third kappa shape index (κ3) is 1.54. The van der Waals surface area contributed by atoms with E-state index in [1.807, 2.05) is 25.1 Å². The number of hydrogen-bond acceptors (Lipinski definition) is 1. The second-order valence-electron chi connectivity index (χ2n) is 2.92. The predicted molar refractivity (Wildman–Crippen MR) is 55.5 cm³/mol. The molecule has 0 aliphatic heterocycles. The van der Waals surface area contributed by atoms with Crippen molar-refractivity contribution >= 4 is 34.2 Å². The van der Waals surface area contributed by atoms with Crippen LogP contribution >= 0.6 is 23.2 Å². The van der Waals surface area contributed by atoms with Gasteiger partial charge in [-0.2, -0.15) is 0 Å². The number of para-hydroxylation sites is 1. The van der Waals surface area contributed by atoms with E-state index in [4.69, 9.17) is 27.6 Å². The fourth-order valence-corrected chi connectivity index (χ4v) is 1.57. The molecule has 0 aliphatic rings. The molecule has 13 heavy (non-hydrogen) atoms. The van der Waals surface area contributed by atoms with E-state index < -0.39 is 0 Å². The maximum Gasteiger partial charge on any atom is 0.152 e. The lowest BCUT2D eigenvalue weighted by Crippen LogP contribution is -1.75. The van der Waals surface area contributed by atoms with E-state index in [1.54, 1.807) is 6.07 Å². The van der Waals surface area contributed by atoms with Crippen LogP contribution in [0.3, 0.4) is 0 Å². The Morgan fingerprint density at radius 1 is 1.38 bits per heavy atom. The van der Waals surface area contributed by atoms with Crippen molar-refractivity contribution in [3.05, 3.63) is 35.0 Å². The third-order valence-corrected chi connectivity index (χ3v) is 2.42. The Morgan fingerprint density at radius 2 is 2.15 bits per heavy atom. The van der Waals surface area contributed by atoms with Gasteiger partial charge in [0.15, 0.2) is 5.58 Å². The molecule has 0 amide bonds. The SMILES string of the molecule is CC(Cl)c1cc2cccc(Cl)c2o1. The standard InChI is InChI=1S/C10H8Cl2O/c1-6(11)9-5-7-3-2-4-8(12)10(7)13-9/h2-6H,1H3. The minimum Gasteiger partial charge on any atom is -0.458 e. The maximum absolute atomic E-state index is 5.94. The summed E-state index contributed by atoms with van der Waals surface area (Å²) in [7, 11) is 0. The molecule has 0 spiro atoms. The summed E-state index contributed by atoms with van der Waals surface area (Å²) in [6.45, 7) is 1.87. The zero-order valence-corrected chi connectivity index (χ0v) is 8.56. The van der Waals surface area contributed by atoms with Crippen LogP contribution in [0.2, 0.25) is 5.02 Å². The zero-order chi connectivity index (χ0) is 9.42. The Balaban J connectivity index is 2.68. The van der Waals surface area contributed by atoms with Crippen LogP contribution in [0.15, 0.2) is 28.7 Å². The van der Waals surface area contributed by atoms with E-state index in [1.165, 1.54) is 0 Å². The highest BCUT2D eigenvalue weighted by atomic mass is 35.5. The molecule has 1 nitrogen and oxygen atoms in total. The monoisotopic (exact) mass is 214 g/mol. The number of fused-ring (bicyclic) bond motifs is 1. The van der Waals surface area contributed by atoms with Crippen molar-refractivity contribution in [2.24, 2.45) is 0 Å². The summed E-state index contributed by atoms with van der Waals surface area (Å²) in [5, 5.41) is 1.50. The van der Waals surface area contributed by atoms with Crippen LogP contribution in [0.25, 0.3) is 11.0 Å². The normalized spacial score (nSPS) is 13.5. The molecule has 3 heteroatoms. The quantitative estimate of drug-likeness (QED) is 0.643. The Kier molecular flexibility index (Phi) is 2.22. The molecule has 1 atom stereocenters. The van der Waals surface area contributed by atoms with Crippen LogP contribution in [0.4, 0.5) is 0 Å². The molecule has 1 heterocycles. The minimum atomic E-state index is -0.122. The average molecular weight is 215 g/mol. The summed E-state index contributed by atoms with van der Waals surface area (Å²) in [5.74, 6) is 0.754. The highest BCUT2D eigenvalue weighted by molar-refractivity contribution is 6.34. The highest BCUT2D eigenvalue weighted by Crippen LogP contribution is 2.31. The van der Waals surface area contributed by atoms with Gasteiger partial charge in [0.05, 0.1) is 10.4 Å². The molecule has 0 aliphatic carbocycles. The van der Waals surface area contributed by atoms with Crippen molar-refractivity contribution in [3.63, 3.8) is 0 Å². The van der Waals surface area contributed by atoms with Crippen LogP contribution < -0.4 is 0 Å². The highest BCUT2D eigenvalue weighted by Gasteiger charge is 2.10. The molecular formula is C10H8Cl2O. The Hall–Kier alpha value is -0.660. The van der Waals surface area contributed by atoms with Gasteiger partial charge < -0.3 is 4.42 Å². The second kappa shape index (κ2) is 3.24. The van der Waals surface area contributed by atoms with Gasteiger partial charge >= 0.3 is 0 Å². The number of halogens is 2. The van der Waals surface area contributed by atoms with E-state index in [0.29, 0.717) is 10.6 Å². The van der Waals surface area contributed by atoms with Crippen molar-refractivity contribution < 1.29 is 4.42 Å². The summed E-state index contributed by atoms with van der Waals surface area (Å²) in [5.41, 5.74) is 0.715. The topological polar surface area (TPSA) is 13.1 Å². The third-order valence-electron chi connectivity index (χ3n) is 1.91. The van der Waals surface area contributed by atoms with Crippen LogP contribution in [-0.4, -0.2) is 0 Å². The van der Waals surface area contributed by atoms with Crippen molar-refractivity contribution in [1.82, 2.24) is 0 Å². The van der Waals surface area contributed by atoms with Crippen LogP contribution in [0, 0.1) is 0 Å². The van der Waals surface area contributed by atoms with Gasteiger partial charge in [0, 0.05) is 5.39 Å². The summed E-state index contributed by atoms with van der Waals surface area (Å²) in [4.78, 5) is 0. The average Bonchev–Trinajstić information content (AvgIpc) is 2.49. The Morgan fingerprint density at radius 3 is 2.77 bits per heavy atom. The van der Waals surface area contributed by atoms with E-state index in [0.717, 1.165) is 11.1 Å². The lowest BCUT2D eigenvalue weighted by atomic mass is 10.2. The summed E-state index contributed by atoms with van der Waals surface area (Å²) >= 11 is 11.8. The second-order valence-corrected chi connectivity index (χ2v) is 3.98. The first-order chi connectivity index (χ1) is 6.18. The van der Waals surface area contributed by atoms with E-state index in [9.17, 15) is 0 Å². The van der Waals surface area contributed by atoms with Gasteiger partial charge in [-0.3, -0.25) is 0 Å².